The summed E-state index contributed by atoms with van der Waals surface area (Å²) in [5.74, 6) is 0.0270. The molecule has 0 N–H and O–H groups in total. The summed E-state index contributed by atoms with van der Waals surface area (Å²) in [7, 11) is 0. The van der Waals surface area contributed by atoms with Gasteiger partial charge in [0.25, 0.3) is 0 Å². The van der Waals surface area contributed by atoms with Gasteiger partial charge in [-0.2, -0.15) is 0 Å². The highest BCUT2D eigenvalue weighted by Gasteiger charge is 2.55. The summed E-state index contributed by atoms with van der Waals surface area (Å²) >= 11 is 0. The number of hydrogen-bond acceptors (Lipinski definition) is 3. The number of benzene rings is 1. The lowest BCUT2D eigenvalue weighted by atomic mass is 9.73. The Kier molecular flexibility index (Phi) is 3.31. The summed E-state index contributed by atoms with van der Waals surface area (Å²) in [6, 6.07) is 9.84. The summed E-state index contributed by atoms with van der Waals surface area (Å²) in [5, 5.41) is 0. The molecule has 1 saturated carbocycles. The van der Waals surface area contributed by atoms with Crippen LogP contribution in [0.3, 0.4) is 0 Å². The van der Waals surface area contributed by atoms with Gasteiger partial charge in [0.1, 0.15) is 0 Å². The van der Waals surface area contributed by atoms with E-state index in [1.54, 1.807) is 6.92 Å². The Morgan fingerprint density at radius 1 is 1.11 bits per heavy atom. The normalized spacial score (nSPS) is 32.3. The number of rotatable bonds is 2. The Bertz CT molecular complexity index is 450. The molecule has 3 nitrogen and oxygen atoms in total. The van der Waals surface area contributed by atoms with E-state index in [1.807, 2.05) is 30.3 Å². The molecular formula is C16H20O3. The largest absolute Gasteiger partial charge is 0.434 e. The number of hydrogen-bond donors (Lipinski definition) is 0. The Labute approximate surface area is 113 Å². The zero-order chi connectivity index (χ0) is 13.3. The van der Waals surface area contributed by atoms with E-state index in [0.29, 0.717) is 0 Å². The van der Waals surface area contributed by atoms with Crippen LogP contribution >= 0.6 is 0 Å². The first kappa shape index (κ1) is 12.7. The summed E-state index contributed by atoms with van der Waals surface area (Å²) in [6.45, 7) is 1.80. The minimum atomic E-state index is -0.874. The van der Waals surface area contributed by atoms with Gasteiger partial charge in [0.2, 0.25) is 6.29 Å². The van der Waals surface area contributed by atoms with E-state index >= 15 is 0 Å². The number of esters is 1. The van der Waals surface area contributed by atoms with Crippen LogP contribution in [0.4, 0.5) is 0 Å². The Morgan fingerprint density at radius 2 is 1.79 bits per heavy atom. The fraction of sp³-hybridized carbons (Fsp3) is 0.562. The molecule has 2 atom stereocenters. The zero-order valence-electron chi connectivity index (χ0n) is 11.3. The summed E-state index contributed by atoms with van der Waals surface area (Å²) in [5.41, 5.74) is 0.0671. The fourth-order valence-corrected chi connectivity index (χ4v) is 3.45. The number of carbonyl (C=O) groups excluding carboxylic acids is 1. The first-order valence-electron chi connectivity index (χ1n) is 7.18. The third kappa shape index (κ3) is 2.06. The molecule has 0 bridgehead atoms. The number of carbonyl (C=O) groups is 1. The van der Waals surface area contributed by atoms with Crippen LogP contribution in [0.15, 0.2) is 30.3 Å². The molecule has 102 valence electrons. The Balaban J connectivity index is 2.03. The van der Waals surface area contributed by atoms with E-state index in [4.69, 9.17) is 9.47 Å². The van der Waals surface area contributed by atoms with E-state index in [2.05, 4.69) is 0 Å². The van der Waals surface area contributed by atoms with Crippen LogP contribution in [0.25, 0.3) is 0 Å². The van der Waals surface area contributed by atoms with Crippen LogP contribution in [-0.2, 0) is 19.9 Å². The highest BCUT2D eigenvalue weighted by atomic mass is 16.8. The lowest BCUT2D eigenvalue weighted by molar-refractivity contribution is -0.149. The van der Waals surface area contributed by atoms with Crippen molar-refractivity contribution in [3.8, 4) is 0 Å². The van der Waals surface area contributed by atoms with Gasteiger partial charge in [-0.05, 0) is 25.3 Å². The van der Waals surface area contributed by atoms with E-state index in [0.717, 1.165) is 18.4 Å². The third-order valence-corrected chi connectivity index (χ3v) is 4.31. The molecule has 1 aliphatic heterocycles. The SMILES string of the molecule is CC1OC(=O)C(c2ccccc2)(C2CCCCC2)O1. The maximum absolute atomic E-state index is 12.5. The van der Waals surface area contributed by atoms with Crippen LogP contribution in [0.1, 0.15) is 44.6 Å². The number of cyclic esters (lactones) is 1. The van der Waals surface area contributed by atoms with Gasteiger partial charge >= 0.3 is 5.97 Å². The third-order valence-electron chi connectivity index (χ3n) is 4.31. The molecule has 1 aromatic carbocycles. The first-order valence-corrected chi connectivity index (χ1v) is 7.18. The molecule has 1 heterocycles. The average molecular weight is 260 g/mol. The Morgan fingerprint density at radius 3 is 2.37 bits per heavy atom. The molecule has 0 amide bonds. The highest BCUT2D eigenvalue weighted by molar-refractivity contribution is 5.83. The predicted octanol–water partition coefficient (Wildman–Crippen LogP) is 3.38. The van der Waals surface area contributed by atoms with Crippen molar-refractivity contribution in [1.82, 2.24) is 0 Å². The van der Waals surface area contributed by atoms with Crippen LogP contribution in [0, 0.1) is 5.92 Å². The lowest BCUT2D eigenvalue weighted by Gasteiger charge is -2.36. The van der Waals surface area contributed by atoms with E-state index in [-0.39, 0.29) is 11.9 Å². The van der Waals surface area contributed by atoms with Crippen molar-refractivity contribution in [3.63, 3.8) is 0 Å². The van der Waals surface area contributed by atoms with Gasteiger partial charge in [0, 0.05) is 5.92 Å². The van der Waals surface area contributed by atoms with Crippen LogP contribution in [0.2, 0.25) is 0 Å². The molecule has 1 aromatic rings. The second kappa shape index (κ2) is 4.97. The molecular weight excluding hydrogens is 240 g/mol. The second-order valence-corrected chi connectivity index (χ2v) is 5.53. The molecule has 1 aliphatic carbocycles. The zero-order valence-corrected chi connectivity index (χ0v) is 11.3. The molecule has 0 radical (unpaired) electrons. The lowest BCUT2D eigenvalue weighted by Crippen LogP contribution is -2.42. The molecule has 2 aliphatic rings. The second-order valence-electron chi connectivity index (χ2n) is 5.53. The van der Waals surface area contributed by atoms with Crippen LogP contribution in [0.5, 0.6) is 0 Å². The topological polar surface area (TPSA) is 35.5 Å². The monoisotopic (exact) mass is 260 g/mol. The Hall–Kier alpha value is -1.35. The first-order chi connectivity index (χ1) is 9.23. The molecule has 19 heavy (non-hydrogen) atoms. The smallest absolute Gasteiger partial charge is 0.345 e. The minimum Gasteiger partial charge on any atom is -0.434 e. The van der Waals surface area contributed by atoms with E-state index in [9.17, 15) is 4.79 Å². The average Bonchev–Trinajstić information content (AvgIpc) is 2.76. The summed E-state index contributed by atoms with van der Waals surface area (Å²) in [6.07, 6.45) is 5.23. The van der Waals surface area contributed by atoms with Gasteiger partial charge in [-0.1, -0.05) is 49.6 Å². The van der Waals surface area contributed by atoms with Gasteiger partial charge in [0.05, 0.1) is 0 Å². The number of ether oxygens (including phenoxy) is 2. The van der Waals surface area contributed by atoms with Crippen molar-refractivity contribution < 1.29 is 14.3 Å². The minimum absolute atomic E-state index is 0.210. The highest BCUT2D eigenvalue weighted by Crippen LogP contribution is 2.46. The van der Waals surface area contributed by atoms with Crippen LogP contribution in [-0.4, -0.2) is 12.3 Å². The van der Waals surface area contributed by atoms with Gasteiger partial charge < -0.3 is 9.47 Å². The van der Waals surface area contributed by atoms with Crippen molar-refractivity contribution >= 4 is 5.97 Å². The maximum Gasteiger partial charge on any atom is 0.345 e. The van der Waals surface area contributed by atoms with Crippen molar-refractivity contribution in [2.75, 3.05) is 0 Å². The van der Waals surface area contributed by atoms with Gasteiger partial charge in [0.15, 0.2) is 5.60 Å². The summed E-state index contributed by atoms with van der Waals surface area (Å²) < 4.78 is 11.3. The molecule has 2 unspecified atom stereocenters. The van der Waals surface area contributed by atoms with Gasteiger partial charge in [-0.25, -0.2) is 4.79 Å². The quantitative estimate of drug-likeness (QED) is 0.765. The van der Waals surface area contributed by atoms with Crippen molar-refractivity contribution in [2.24, 2.45) is 5.92 Å². The molecule has 2 fully saturated rings. The maximum atomic E-state index is 12.5. The molecule has 3 heteroatoms. The van der Waals surface area contributed by atoms with Gasteiger partial charge in [-0.3, -0.25) is 0 Å². The van der Waals surface area contributed by atoms with Gasteiger partial charge in [-0.15, -0.1) is 0 Å². The van der Waals surface area contributed by atoms with Crippen molar-refractivity contribution in [2.45, 2.75) is 50.9 Å². The molecule has 0 spiro atoms. The van der Waals surface area contributed by atoms with E-state index in [1.165, 1.54) is 19.3 Å². The summed E-state index contributed by atoms with van der Waals surface area (Å²) in [4.78, 5) is 12.5. The molecule has 1 saturated heterocycles. The van der Waals surface area contributed by atoms with Crippen LogP contribution < -0.4 is 0 Å². The fourth-order valence-electron chi connectivity index (χ4n) is 3.45. The van der Waals surface area contributed by atoms with E-state index < -0.39 is 11.9 Å². The molecule has 3 rings (SSSR count). The molecule has 0 aromatic heterocycles. The standard InChI is InChI=1S/C16H20O3/c1-12-18-15(17)16(19-12,13-8-4-2-5-9-13)14-10-6-3-7-11-14/h2,4-5,8-9,12,14H,3,6-7,10-11H2,1H3. The predicted molar refractivity (Wildman–Crippen MR) is 71.3 cm³/mol. The van der Waals surface area contributed by atoms with Crippen molar-refractivity contribution in [3.05, 3.63) is 35.9 Å². The van der Waals surface area contributed by atoms with Crippen molar-refractivity contribution in [1.29, 1.82) is 0 Å².